The van der Waals surface area contributed by atoms with E-state index in [2.05, 4.69) is 5.32 Å². The minimum absolute atomic E-state index is 0.0544. The van der Waals surface area contributed by atoms with Crippen molar-refractivity contribution in [3.05, 3.63) is 95.0 Å². The SMILES string of the molecule is CCNC(=O)C(CC)N(Cc1cccc(C)c1)C(=O)CN(c1ccc(Cl)cc1)S(=O)(=O)c1ccccc1. The first-order valence-corrected chi connectivity index (χ1v) is 13.9. The molecule has 0 spiro atoms. The second-order valence-electron chi connectivity index (χ2n) is 8.63. The molecule has 37 heavy (non-hydrogen) atoms. The normalized spacial score (nSPS) is 12.0. The van der Waals surface area contributed by atoms with Crippen molar-refractivity contribution >= 4 is 39.1 Å². The summed E-state index contributed by atoms with van der Waals surface area (Å²) in [6.07, 6.45) is 0.371. The predicted octanol–water partition coefficient (Wildman–Crippen LogP) is 4.79. The first kappa shape index (κ1) is 28.2. The van der Waals surface area contributed by atoms with Crippen LogP contribution in [0.25, 0.3) is 0 Å². The molecular weight excluding hydrogens is 510 g/mol. The van der Waals surface area contributed by atoms with E-state index in [4.69, 9.17) is 11.6 Å². The lowest BCUT2D eigenvalue weighted by Gasteiger charge is -2.33. The van der Waals surface area contributed by atoms with Crippen LogP contribution in [-0.2, 0) is 26.2 Å². The van der Waals surface area contributed by atoms with E-state index in [0.717, 1.165) is 15.4 Å². The lowest BCUT2D eigenvalue weighted by atomic mass is 10.1. The van der Waals surface area contributed by atoms with Crippen molar-refractivity contribution in [1.82, 2.24) is 10.2 Å². The van der Waals surface area contributed by atoms with Gasteiger partial charge in [0.1, 0.15) is 12.6 Å². The van der Waals surface area contributed by atoms with Gasteiger partial charge in [0.15, 0.2) is 0 Å². The van der Waals surface area contributed by atoms with Gasteiger partial charge in [-0.25, -0.2) is 8.42 Å². The first-order valence-electron chi connectivity index (χ1n) is 12.1. The van der Waals surface area contributed by atoms with Gasteiger partial charge in [-0.2, -0.15) is 0 Å². The van der Waals surface area contributed by atoms with Gasteiger partial charge in [0.25, 0.3) is 10.0 Å². The van der Waals surface area contributed by atoms with E-state index in [1.165, 1.54) is 17.0 Å². The Bertz CT molecular complexity index is 1310. The van der Waals surface area contributed by atoms with Gasteiger partial charge in [-0.15, -0.1) is 0 Å². The lowest BCUT2D eigenvalue weighted by Crippen LogP contribution is -2.52. The van der Waals surface area contributed by atoms with Crippen molar-refractivity contribution in [2.75, 3.05) is 17.4 Å². The van der Waals surface area contributed by atoms with Gasteiger partial charge in [-0.1, -0.05) is 66.6 Å². The molecule has 7 nitrogen and oxygen atoms in total. The number of nitrogens with zero attached hydrogens (tertiary/aromatic N) is 2. The van der Waals surface area contributed by atoms with Gasteiger partial charge in [0.2, 0.25) is 11.8 Å². The fraction of sp³-hybridized carbons (Fsp3) is 0.286. The van der Waals surface area contributed by atoms with Crippen molar-refractivity contribution < 1.29 is 18.0 Å². The van der Waals surface area contributed by atoms with E-state index in [1.807, 2.05) is 45.0 Å². The van der Waals surface area contributed by atoms with Crippen LogP contribution in [0.1, 0.15) is 31.4 Å². The fourth-order valence-corrected chi connectivity index (χ4v) is 5.64. The quantitative estimate of drug-likeness (QED) is 0.378. The van der Waals surface area contributed by atoms with Crippen molar-refractivity contribution in [1.29, 1.82) is 0 Å². The molecule has 1 N–H and O–H groups in total. The Labute approximate surface area is 224 Å². The topological polar surface area (TPSA) is 86.8 Å². The Morgan fingerprint density at radius 3 is 2.22 bits per heavy atom. The van der Waals surface area contributed by atoms with Crippen molar-refractivity contribution in [3.8, 4) is 0 Å². The highest BCUT2D eigenvalue weighted by molar-refractivity contribution is 7.92. The Morgan fingerprint density at radius 1 is 0.946 bits per heavy atom. The zero-order valence-electron chi connectivity index (χ0n) is 21.2. The minimum atomic E-state index is -4.10. The molecule has 0 heterocycles. The van der Waals surface area contributed by atoms with Gasteiger partial charge >= 0.3 is 0 Å². The standard InChI is InChI=1S/C28H32ClN3O4S/c1-4-26(28(34)30-5-2)31(19-22-11-9-10-21(3)18-22)27(33)20-32(24-16-14-23(29)15-17-24)37(35,36)25-12-7-6-8-13-25/h6-18,26H,4-5,19-20H2,1-3H3,(H,30,34). The molecule has 0 bridgehead atoms. The van der Waals surface area contributed by atoms with Crippen LogP contribution in [0.5, 0.6) is 0 Å². The number of benzene rings is 3. The number of anilines is 1. The molecule has 9 heteroatoms. The molecule has 3 rings (SSSR count). The highest BCUT2D eigenvalue weighted by atomic mass is 35.5. The summed E-state index contributed by atoms with van der Waals surface area (Å²) in [5.74, 6) is -0.774. The van der Waals surface area contributed by atoms with Crippen molar-refractivity contribution in [2.24, 2.45) is 0 Å². The molecule has 0 saturated carbocycles. The van der Waals surface area contributed by atoms with Crippen LogP contribution < -0.4 is 9.62 Å². The number of halogens is 1. The number of nitrogens with one attached hydrogen (secondary N) is 1. The average Bonchev–Trinajstić information content (AvgIpc) is 2.88. The number of amides is 2. The number of hydrogen-bond acceptors (Lipinski definition) is 4. The number of likely N-dealkylation sites (N-methyl/N-ethyl adjacent to an activating group) is 1. The van der Waals surface area contributed by atoms with Gasteiger partial charge in [0, 0.05) is 18.1 Å². The molecule has 196 valence electrons. The van der Waals surface area contributed by atoms with Gasteiger partial charge in [0.05, 0.1) is 10.6 Å². The highest BCUT2D eigenvalue weighted by Crippen LogP contribution is 2.26. The number of rotatable bonds is 11. The predicted molar refractivity (Wildman–Crippen MR) is 147 cm³/mol. The summed E-state index contributed by atoms with van der Waals surface area (Å²) in [6, 6.07) is 21.1. The molecule has 2 amide bonds. The Morgan fingerprint density at radius 2 is 1.62 bits per heavy atom. The molecule has 0 aliphatic carbocycles. The monoisotopic (exact) mass is 541 g/mol. The van der Waals surface area contributed by atoms with E-state index in [-0.39, 0.29) is 17.3 Å². The Kier molecular flexibility index (Phi) is 9.72. The molecule has 0 aromatic heterocycles. The lowest BCUT2D eigenvalue weighted by molar-refractivity contribution is -0.140. The zero-order valence-corrected chi connectivity index (χ0v) is 22.8. The van der Waals surface area contributed by atoms with Crippen LogP contribution in [0.4, 0.5) is 5.69 Å². The molecule has 3 aromatic carbocycles. The molecular formula is C28H32ClN3O4S. The van der Waals surface area contributed by atoms with E-state index < -0.39 is 28.5 Å². The third kappa shape index (κ3) is 7.11. The average molecular weight is 542 g/mol. The zero-order chi connectivity index (χ0) is 27.0. The highest BCUT2D eigenvalue weighted by Gasteiger charge is 2.33. The summed E-state index contributed by atoms with van der Waals surface area (Å²) in [5.41, 5.74) is 2.16. The van der Waals surface area contributed by atoms with E-state index in [1.54, 1.807) is 42.5 Å². The van der Waals surface area contributed by atoms with Crippen LogP contribution in [0.3, 0.4) is 0 Å². The number of carbonyl (C=O) groups is 2. The summed E-state index contributed by atoms with van der Waals surface area (Å²) in [4.78, 5) is 28.3. The van der Waals surface area contributed by atoms with Crippen LogP contribution in [0.2, 0.25) is 5.02 Å². The molecule has 0 aliphatic heterocycles. The molecule has 0 fully saturated rings. The van der Waals surface area contributed by atoms with E-state index in [9.17, 15) is 18.0 Å². The second kappa shape index (κ2) is 12.7. The van der Waals surface area contributed by atoms with Gasteiger partial charge < -0.3 is 10.2 Å². The maximum Gasteiger partial charge on any atom is 0.264 e. The van der Waals surface area contributed by atoms with Crippen LogP contribution in [0.15, 0.2) is 83.8 Å². The molecule has 0 aliphatic rings. The van der Waals surface area contributed by atoms with Gasteiger partial charge in [-0.05, 0) is 62.2 Å². The minimum Gasteiger partial charge on any atom is -0.355 e. The number of aryl methyl sites for hydroxylation is 1. The van der Waals surface area contributed by atoms with Crippen LogP contribution >= 0.6 is 11.6 Å². The summed E-state index contributed by atoms with van der Waals surface area (Å²) < 4.78 is 28.5. The molecule has 0 radical (unpaired) electrons. The van der Waals surface area contributed by atoms with Crippen LogP contribution in [0, 0.1) is 6.92 Å². The third-order valence-corrected chi connectivity index (χ3v) is 7.94. The number of sulfonamides is 1. The maximum atomic E-state index is 13.9. The fourth-order valence-electron chi connectivity index (χ4n) is 4.07. The summed E-state index contributed by atoms with van der Waals surface area (Å²) >= 11 is 6.04. The number of hydrogen-bond donors (Lipinski definition) is 1. The number of carbonyl (C=O) groups excluding carboxylic acids is 2. The van der Waals surface area contributed by atoms with Crippen molar-refractivity contribution in [2.45, 2.75) is 44.7 Å². The summed E-state index contributed by atoms with van der Waals surface area (Å²) in [6.45, 7) is 5.68. The van der Waals surface area contributed by atoms with E-state index >= 15 is 0 Å². The van der Waals surface area contributed by atoms with E-state index in [0.29, 0.717) is 23.7 Å². The van der Waals surface area contributed by atoms with Crippen molar-refractivity contribution in [3.63, 3.8) is 0 Å². The van der Waals surface area contributed by atoms with Gasteiger partial charge in [-0.3, -0.25) is 13.9 Å². The maximum absolute atomic E-state index is 13.9. The first-order chi connectivity index (χ1) is 17.7. The Balaban J connectivity index is 2.04. The summed E-state index contributed by atoms with van der Waals surface area (Å²) in [7, 11) is -4.10. The van der Waals surface area contributed by atoms with Crippen LogP contribution in [-0.4, -0.2) is 44.3 Å². The second-order valence-corrected chi connectivity index (χ2v) is 10.9. The molecule has 0 saturated heterocycles. The smallest absolute Gasteiger partial charge is 0.264 e. The third-order valence-electron chi connectivity index (χ3n) is 5.90. The summed E-state index contributed by atoms with van der Waals surface area (Å²) in [5, 5.41) is 3.24. The molecule has 1 unspecified atom stereocenters. The Hall–Kier alpha value is -3.36. The largest absolute Gasteiger partial charge is 0.355 e. The molecule has 1 atom stereocenters. The molecule has 3 aromatic rings.